The van der Waals surface area contributed by atoms with Crippen molar-refractivity contribution < 1.29 is 24.3 Å². The Balaban J connectivity index is 2.66. The summed E-state index contributed by atoms with van der Waals surface area (Å²) in [5.41, 5.74) is 0.772. The minimum Gasteiger partial charge on any atom is -0.480 e. The number of carbonyl (C=O) groups is 4. The Kier molecular flexibility index (Phi) is 8.27. The van der Waals surface area contributed by atoms with Crippen molar-refractivity contribution in [2.75, 3.05) is 0 Å². The average Bonchev–Trinajstić information content (AvgIpc) is 2.59. The van der Waals surface area contributed by atoms with E-state index in [1.165, 1.54) is 13.8 Å². The number of carbonyl (C=O) groups excluding carboxylic acids is 3. The van der Waals surface area contributed by atoms with Crippen molar-refractivity contribution in [1.82, 2.24) is 16.0 Å². The van der Waals surface area contributed by atoms with E-state index >= 15 is 0 Å². The predicted molar refractivity (Wildman–Crippen MR) is 95.2 cm³/mol. The molecule has 142 valence electrons. The smallest absolute Gasteiger partial charge is 0.326 e. The molecule has 0 radical (unpaired) electrons. The minimum atomic E-state index is -1.16. The number of hydrogen-bond acceptors (Lipinski definition) is 4. The molecule has 1 unspecified atom stereocenters. The Bertz CT molecular complexity index is 647. The van der Waals surface area contributed by atoms with Crippen LogP contribution >= 0.6 is 0 Å². The van der Waals surface area contributed by atoms with Gasteiger partial charge in [0, 0.05) is 13.3 Å². The number of nitrogens with one attached hydrogen (secondary N) is 3. The van der Waals surface area contributed by atoms with E-state index in [2.05, 4.69) is 16.0 Å². The van der Waals surface area contributed by atoms with Crippen LogP contribution in [-0.2, 0) is 25.6 Å². The van der Waals surface area contributed by atoms with Crippen LogP contribution in [0, 0.1) is 0 Å². The van der Waals surface area contributed by atoms with Gasteiger partial charge in [0.15, 0.2) is 0 Å². The van der Waals surface area contributed by atoms with Gasteiger partial charge in [-0.3, -0.25) is 14.4 Å². The van der Waals surface area contributed by atoms with Crippen LogP contribution in [0.2, 0.25) is 0 Å². The first-order chi connectivity index (χ1) is 12.2. The topological polar surface area (TPSA) is 125 Å². The van der Waals surface area contributed by atoms with Crippen molar-refractivity contribution in [3.05, 3.63) is 35.9 Å². The highest BCUT2D eigenvalue weighted by atomic mass is 16.4. The number of carboxylic acids is 1. The Labute approximate surface area is 152 Å². The zero-order valence-electron chi connectivity index (χ0n) is 15.1. The number of rotatable bonds is 9. The molecule has 1 aromatic rings. The quantitative estimate of drug-likeness (QED) is 0.499. The fraction of sp³-hybridized carbons (Fsp3) is 0.444. The highest BCUT2D eigenvalue weighted by Crippen LogP contribution is 2.04. The maximum Gasteiger partial charge on any atom is 0.326 e. The Hall–Kier alpha value is -2.90. The van der Waals surface area contributed by atoms with Crippen molar-refractivity contribution in [2.24, 2.45) is 0 Å². The summed E-state index contributed by atoms with van der Waals surface area (Å²) >= 11 is 0. The maximum atomic E-state index is 12.2. The molecule has 0 aromatic heterocycles. The second-order valence-corrected chi connectivity index (χ2v) is 5.98. The van der Waals surface area contributed by atoms with Crippen LogP contribution in [0.25, 0.3) is 0 Å². The highest BCUT2D eigenvalue weighted by molar-refractivity contribution is 5.92. The second-order valence-electron chi connectivity index (χ2n) is 5.98. The lowest BCUT2D eigenvalue weighted by Crippen LogP contribution is -2.54. The largest absolute Gasteiger partial charge is 0.480 e. The molecule has 3 atom stereocenters. The number of amides is 3. The maximum absolute atomic E-state index is 12.2. The van der Waals surface area contributed by atoms with E-state index in [-0.39, 0.29) is 12.3 Å². The molecule has 0 aliphatic rings. The second kappa shape index (κ2) is 10.2. The van der Waals surface area contributed by atoms with E-state index in [9.17, 15) is 24.3 Å². The first kappa shape index (κ1) is 21.1. The van der Waals surface area contributed by atoms with E-state index in [1.54, 1.807) is 31.2 Å². The molecule has 8 nitrogen and oxygen atoms in total. The average molecular weight is 363 g/mol. The van der Waals surface area contributed by atoms with Crippen molar-refractivity contribution in [1.29, 1.82) is 0 Å². The summed E-state index contributed by atoms with van der Waals surface area (Å²) in [6.07, 6.45) is 0.498. The van der Waals surface area contributed by atoms with E-state index in [0.717, 1.165) is 5.56 Å². The lowest BCUT2D eigenvalue weighted by molar-refractivity contribution is -0.142. The first-order valence-electron chi connectivity index (χ1n) is 8.39. The van der Waals surface area contributed by atoms with Crippen LogP contribution < -0.4 is 16.0 Å². The van der Waals surface area contributed by atoms with Crippen LogP contribution in [0.5, 0.6) is 0 Å². The Morgan fingerprint density at radius 3 is 2.08 bits per heavy atom. The van der Waals surface area contributed by atoms with E-state index in [1.807, 2.05) is 6.07 Å². The summed E-state index contributed by atoms with van der Waals surface area (Å²) < 4.78 is 0. The molecule has 0 fully saturated rings. The normalized spacial score (nSPS) is 13.8. The summed E-state index contributed by atoms with van der Waals surface area (Å²) in [6, 6.07) is 6.12. The standard InChI is InChI=1S/C18H25N3O5/c1-4-14(20-12(3)22)17(24)19-11(2)16(23)21-15(18(25)26)10-13-8-6-5-7-9-13/h5-9,11,14-15H,4,10H2,1-3H3,(H,19,24)(H,20,22)(H,21,23)(H,25,26)/t11-,14?,15-/m1/s1. The number of carboxylic acid groups (broad SMARTS) is 1. The highest BCUT2D eigenvalue weighted by Gasteiger charge is 2.26. The molecule has 0 saturated carbocycles. The van der Waals surface area contributed by atoms with Gasteiger partial charge in [0.2, 0.25) is 17.7 Å². The van der Waals surface area contributed by atoms with Gasteiger partial charge in [0.1, 0.15) is 18.1 Å². The fourth-order valence-corrected chi connectivity index (χ4v) is 2.32. The van der Waals surface area contributed by atoms with Crippen LogP contribution in [0.3, 0.4) is 0 Å². The van der Waals surface area contributed by atoms with Crippen molar-refractivity contribution in [2.45, 2.75) is 51.7 Å². The lowest BCUT2D eigenvalue weighted by Gasteiger charge is -2.21. The van der Waals surface area contributed by atoms with Gasteiger partial charge in [0.25, 0.3) is 0 Å². The van der Waals surface area contributed by atoms with Crippen LogP contribution in [0.1, 0.15) is 32.8 Å². The van der Waals surface area contributed by atoms with Crippen LogP contribution in [-0.4, -0.2) is 46.9 Å². The molecule has 26 heavy (non-hydrogen) atoms. The third-order valence-corrected chi connectivity index (χ3v) is 3.75. The van der Waals surface area contributed by atoms with Gasteiger partial charge in [-0.1, -0.05) is 37.3 Å². The predicted octanol–water partition coefficient (Wildman–Crippen LogP) is 0.218. The number of hydrogen-bond donors (Lipinski definition) is 4. The molecule has 0 spiro atoms. The monoisotopic (exact) mass is 363 g/mol. The molecule has 4 N–H and O–H groups in total. The number of benzene rings is 1. The van der Waals surface area contributed by atoms with Gasteiger partial charge in [-0.25, -0.2) is 4.79 Å². The molecular weight excluding hydrogens is 338 g/mol. The van der Waals surface area contributed by atoms with Gasteiger partial charge in [-0.05, 0) is 18.9 Å². The van der Waals surface area contributed by atoms with Crippen LogP contribution in [0.4, 0.5) is 0 Å². The Morgan fingerprint density at radius 2 is 1.58 bits per heavy atom. The number of aliphatic carboxylic acids is 1. The third-order valence-electron chi connectivity index (χ3n) is 3.75. The summed E-state index contributed by atoms with van der Waals surface area (Å²) in [7, 11) is 0. The molecule has 0 heterocycles. The molecule has 0 bridgehead atoms. The fourth-order valence-electron chi connectivity index (χ4n) is 2.32. The zero-order valence-corrected chi connectivity index (χ0v) is 15.1. The lowest BCUT2D eigenvalue weighted by atomic mass is 10.1. The molecule has 8 heteroatoms. The van der Waals surface area contributed by atoms with E-state index in [4.69, 9.17) is 0 Å². The summed E-state index contributed by atoms with van der Waals surface area (Å²) in [5.74, 6) is -2.62. The van der Waals surface area contributed by atoms with Gasteiger partial charge >= 0.3 is 5.97 Å². The SMILES string of the molecule is CCC(NC(C)=O)C(=O)N[C@H](C)C(=O)N[C@H](Cc1ccccc1)C(=O)O. The third kappa shape index (κ3) is 6.92. The minimum absolute atomic E-state index is 0.131. The van der Waals surface area contributed by atoms with Crippen molar-refractivity contribution in [3.8, 4) is 0 Å². The molecule has 0 aliphatic carbocycles. The van der Waals surface area contributed by atoms with Gasteiger partial charge in [-0.15, -0.1) is 0 Å². The molecule has 1 aromatic carbocycles. The zero-order chi connectivity index (χ0) is 19.7. The van der Waals surface area contributed by atoms with Crippen LogP contribution in [0.15, 0.2) is 30.3 Å². The van der Waals surface area contributed by atoms with Gasteiger partial charge in [0.05, 0.1) is 0 Å². The molecule has 0 saturated heterocycles. The first-order valence-corrected chi connectivity index (χ1v) is 8.39. The van der Waals surface area contributed by atoms with Gasteiger partial charge < -0.3 is 21.1 Å². The summed E-state index contributed by atoms with van der Waals surface area (Å²) in [5, 5.41) is 16.7. The molecular formula is C18H25N3O5. The summed E-state index contributed by atoms with van der Waals surface area (Å²) in [6.45, 7) is 4.48. The van der Waals surface area contributed by atoms with E-state index < -0.39 is 35.9 Å². The van der Waals surface area contributed by atoms with E-state index in [0.29, 0.717) is 6.42 Å². The van der Waals surface area contributed by atoms with Crippen molar-refractivity contribution in [3.63, 3.8) is 0 Å². The van der Waals surface area contributed by atoms with Crippen molar-refractivity contribution >= 4 is 23.7 Å². The summed E-state index contributed by atoms with van der Waals surface area (Å²) in [4.78, 5) is 46.9. The Morgan fingerprint density at radius 1 is 0.962 bits per heavy atom. The molecule has 0 aliphatic heterocycles. The molecule has 3 amide bonds. The molecule has 1 rings (SSSR count). The van der Waals surface area contributed by atoms with Gasteiger partial charge in [-0.2, -0.15) is 0 Å².